The van der Waals surface area contributed by atoms with E-state index in [-0.39, 0.29) is 18.2 Å². The van der Waals surface area contributed by atoms with Crippen molar-refractivity contribution in [1.82, 2.24) is 15.5 Å². The topological polar surface area (TPSA) is 62.8 Å². The molecule has 0 radical (unpaired) electrons. The van der Waals surface area contributed by atoms with Crippen LogP contribution < -0.4 is 15.4 Å². The third-order valence-electron chi connectivity index (χ3n) is 5.00. The van der Waals surface area contributed by atoms with Crippen LogP contribution in [-0.4, -0.2) is 56.4 Å². The van der Waals surface area contributed by atoms with Crippen molar-refractivity contribution in [3.63, 3.8) is 0 Å². The summed E-state index contributed by atoms with van der Waals surface area (Å²) in [7, 11) is 1.67. The van der Waals surface area contributed by atoms with E-state index in [9.17, 15) is 4.79 Å². The summed E-state index contributed by atoms with van der Waals surface area (Å²) in [6.45, 7) is 8.30. The van der Waals surface area contributed by atoms with Crippen molar-refractivity contribution in [2.24, 2.45) is 0 Å². The second-order valence-corrected chi connectivity index (χ2v) is 7.53. The average molecular weight is 386 g/mol. The lowest BCUT2D eigenvalue weighted by molar-refractivity contribution is -0.0679. The van der Waals surface area contributed by atoms with Crippen LogP contribution in [-0.2, 0) is 11.3 Å². The number of carbonyl (C=O) groups excluding carboxylic acids is 1. The Morgan fingerprint density at radius 3 is 2.57 bits per heavy atom. The van der Waals surface area contributed by atoms with Crippen molar-refractivity contribution >= 4 is 16.8 Å². The van der Waals surface area contributed by atoms with Gasteiger partial charge in [-0.2, -0.15) is 0 Å². The molecule has 2 aromatic rings. The fourth-order valence-corrected chi connectivity index (χ4v) is 3.73. The Labute approximate surface area is 167 Å². The van der Waals surface area contributed by atoms with Gasteiger partial charge in [-0.3, -0.25) is 4.90 Å². The molecular weight excluding hydrogens is 354 g/mol. The van der Waals surface area contributed by atoms with Crippen molar-refractivity contribution in [2.75, 3.05) is 33.3 Å². The van der Waals surface area contributed by atoms with Crippen LogP contribution in [0.1, 0.15) is 25.8 Å². The second-order valence-electron chi connectivity index (χ2n) is 7.53. The first-order chi connectivity index (χ1) is 13.5. The zero-order valence-electron chi connectivity index (χ0n) is 17.0. The number of amides is 2. The van der Waals surface area contributed by atoms with E-state index in [1.165, 1.54) is 0 Å². The number of hydrogen-bond donors (Lipinski definition) is 2. The van der Waals surface area contributed by atoms with Crippen molar-refractivity contribution in [3.05, 3.63) is 42.0 Å². The molecule has 152 valence electrons. The molecule has 1 fully saturated rings. The van der Waals surface area contributed by atoms with Crippen LogP contribution in [0.25, 0.3) is 10.8 Å². The van der Waals surface area contributed by atoms with E-state index in [1.807, 2.05) is 24.3 Å². The minimum Gasteiger partial charge on any atom is -0.497 e. The molecule has 0 unspecified atom stereocenters. The van der Waals surface area contributed by atoms with Gasteiger partial charge < -0.3 is 20.1 Å². The summed E-state index contributed by atoms with van der Waals surface area (Å²) in [5.74, 6) is 0.846. The zero-order chi connectivity index (χ0) is 19.9. The van der Waals surface area contributed by atoms with Gasteiger partial charge in [0.05, 0.1) is 19.3 Å². The summed E-state index contributed by atoms with van der Waals surface area (Å²) in [6, 6.07) is 12.0. The van der Waals surface area contributed by atoms with Crippen LogP contribution in [0.2, 0.25) is 0 Å². The van der Waals surface area contributed by atoms with E-state index in [1.54, 1.807) is 7.11 Å². The molecule has 2 amide bonds. The van der Waals surface area contributed by atoms with Gasteiger partial charge in [0.15, 0.2) is 0 Å². The van der Waals surface area contributed by atoms with Crippen molar-refractivity contribution in [2.45, 2.75) is 39.0 Å². The highest BCUT2D eigenvalue weighted by Crippen LogP contribution is 2.21. The molecule has 1 heterocycles. The Morgan fingerprint density at radius 1 is 1.11 bits per heavy atom. The number of ether oxygens (including phenoxy) is 2. The quantitative estimate of drug-likeness (QED) is 0.719. The lowest BCUT2D eigenvalue weighted by Crippen LogP contribution is -2.46. The molecule has 2 aromatic carbocycles. The zero-order valence-corrected chi connectivity index (χ0v) is 17.0. The maximum Gasteiger partial charge on any atom is 0.315 e. The molecule has 0 saturated carbocycles. The van der Waals surface area contributed by atoms with Gasteiger partial charge >= 0.3 is 6.03 Å². The summed E-state index contributed by atoms with van der Waals surface area (Å²) in [6.07, 6.45) is 1.50. The fourth-order valence-electron chi connectivity index (χ4n) is 3.73. The number of rotatable bonds is 7. The van der Waals surface area contributed by atoms with Crippen molar-refractivity contribution in [3.8, 4) is 5.75 Å². The minimum absolute atomic E-state index is 0.126. The lowest BCUT2D eigenvalue weighted by atomic mass is 10.1. The Bertz CT molecular complexity index is 786. The first-order valence-corrected chi connectivity index (χ1v) is 9.99. The predicted octanol–water partition coefficient (Wildman–Crippen LogP) is 3.15. The minimum atomic E-state index is -0.126. The van der Waals surface area contributed by atoms with Gasteiger partial charge in [-0.1, -0.05) is 18.2 Å². The first kappa shape index (κ1) is 20.4. The molecule has 1 aliphatic rings. The van der Waals surface area contributed by atoms with E-state index >= 15 is 0 Å². The number of carbonyl (C=O) groups is 1. The molecular formula is C22H31N3O3. The Hall–Kier alpha value is -2.31. The lowest BCUT2D eigenvalue weighted by Gasteiger charge is -2.35. The Morgan fingerprint density at radius 2 is 1.82 bits per heavy atom. The van der Waals surface area contributed by atoms with E-state index < -0.39 is 0 Å². The number of benzene rings is 2. The molecule has 6 heteroatoms. The van der Waals surface area contributed by atoms with E-state index in [4.69, 9.17) is 9.47 Å². The van der Waals surface area contributed by atoms with E-state index in [2.05, 4.69) is 41.5 Å². The maximum absolute atomic E-state index is 12.0. The maximum atomic E-state index is 12.0. The van der Waals surface area contributed by atoms with Gasteiger partial charge in [0, 0.05) is 32.7 Å². The van der Waals surface area contributed by atoms with Gasteiger partial charge in [0.1, 0.15) is 5.75 Å². The summed E-state index contributed by atoms with van der Waals surface area (Å²) >= 11 is 0. The van der Waals surface area contributed by atoms with Crippen LogP contribution in [0.15, 0.2) is 36.4 Å². The van der Waals surface area contributed by atoms with Crippen LogP contribution in [0.3, 0.4) is 0 Å². The molecule has 28 heavy (non-hydrogen) atoms. The molecule has 6 nitrogen and oxygen atoms in total. The summed E-state index contributed by atoms with van der Waals surface area (Å²) in [5.41, 5.74) is 1.07. The van der Waals surface area contributed by atoms with Gasteiger partial charge in [0.2, 0.25) is 0 Å². The number of hydrogen-bond acceptors (Lipinski definition) is 4. The second kappa shape index (κ2) is 9.75. The number of nitrogens with one attached hydrogen (secondary N) is 2. The summed E-state index contributed by atoms with van der Waals surface area (Å²) < 4.78 is 11.0. The molecule has 1 saturated heterocycles. The fraction of sp³-hybridized carbons (Fsp3) is 0.500. The van der Waals surface area contributed by atoms with Crippen molar-refractivity contribution < 1.29 is 14.3 Å². The number of nitrogens with zero attached hydrogens (tertiary/aromatic N) is 1. The number of fused-ring (bicyclic) bond motifs is 1. The molecule has 3 rings (SSSR count). The molecule has 1 aliphatic heterocycles. The summed E-state index contributed by atoms with van der Waals surface area (Å²) in [5, 5.41) is 8.13. The van der Waals surface area contributed by atoms with Crippen molar-refractivity contribution in [1.29, 1.82) is 0 Å². The van der Waals surface area contributed by atoms with Crippen LogP contribution in [0.4, 0.5) is 4.79 Å². The van der Waals surface area contributed by atoms with Crippen LogP contribution in [0, 0.1) is 0 Å². The monoisotopic (exact) mass is 385 g/mol. The molecule has 0 spiro atoms. The number of morpholine rings is 1. The molecule has 0 aliphatic carbocycles. The van der Waals surface area contributed by atoms with E-state index in [0.717, 1.165) is 48.1 Å². The average Bonchev–Trinajstić information content (AvgIpc) is 2.68. The highest BCUT2D eigenvalue weighted by Gasteiger charge is 2.21. The third-order valence-corrected chi connectivity index (χ3v) is 5.00. The number of methoxy groups -OCH3 is 1. The molecule has 0 bridgehead atoms. The highest BCUT2D eigenvalue weighted by molar-refractivity contribution is 5.84. The third kappa shape index (κ3) is 5.84. The molecule has 0 aromatic heterocycles. The number of urea groups is 1. The van der Waals surface area contributed by atoms with Crippen LogP contribution >= 0.6 is 0 Å². The first-order valence-electron chi connectivity index (χ1n) is 9.99. The van der Waals surface area contributed by atoms with Gasteiger partial charge in [-0.25, -0.2) is 4.79 Å². The Balaban J connectivity index is 1.38. The predicted molar refractivity (Wildman–Crippen MR) is 112 cm³/mol. The summed E-state index contributed by atoms with van der Waals surface area (Å²) in [4.78, 5) is 14.5. The highest BCUT2D eigenvalue weighted by atomic mass is 16.5. The Kier molecular flexibility index (Phi) is 7.12. The van der Waals surface area contributed by atoms with Gasteiger partial charge in [-0.15, -0.1) is 0 Å². The normalized spacial score (nSPS) is 20.1. The standard InChI is InChI=1S/C22H31N3O3/c1-16-14-25(15-17(2)28-16)10-4-9-23-22(26)24-13-18-5-6-20-12-21(27-3)8-7-19(20)11-18/h5-8,11-12,16-17H,4,9-10,13-15H2,1-3H3,(H2,23,24,26)/t16-,17-/m1/s1. The molecule has 2 N–H and O–H groups in total. The van der Waals surface area contributed by atoms with E-state index in [0.29, 0.717) is 13.1 Å². The molecule has 2 atom stereocenters. The largest absolute Gasteiger partial charge is 0.497 e. The van der Waals surface area contributed by atoms with Crippen LogP contribution in [0.5, 0.6) is 5.75 Å². The smallest absolute Gasteiger partial charge is 0.315 e. The van der Waals surface area contributed by atoms with Gasteiger partial charge in [0.25, 0.3) is 0 Å². The SMILES string of the molecule is COc1ccc2cc(CNC(=O)NCCCN3C[C@@H](C)O[C@H](C)C3)ccc2c1. The van der Waals surface area contributed by atoms with Gasteiger partial charge in [-0.05, 0) is 54.8 Å².